The Hall–Kier alpha value is -0.280. The van der Waals surface area contributed by atoms with E-state index in [0.717, 1.165) is 22.7 Å². The lowest BCUT2D eigenvalue weighted by Crippen LogP contribution is -2.30. The van der Waals surface area contributed by atoms with Crippen LogP contribution in [0.4, 0.5) is 0 Å². The maximum absolute atomic E-state index is 5.67. The second-order valence-corrected chi connectivity index (χ2v) is 5.82. The van der Waals surface area contributed by atoms with Gasteiger partial charge in [-0.3, -0.25) is 0 Å². The normalized spacial score (nSPS) is 19.4. The van der Waals surface area contributed by atoms with Gasteiger partial charge < -0.3 is 9.73 Å². The zero-order chi connectivity index (χ0) is 12.1. The molecule has 17 heavy (non-hydrogen) atoms. The van der Waals surface area contributed by atoms with E-state index in [-0.39, 0.29) is 0 Å². The van der Waals surface area contributed by atoms with E-state index in [1.165, 1.54) is 38.5 Å². The van der Waals surface area contributed by atoms with Gasteiger partial charge in [-0.1, -0.05) is 26.2 Å². The molecule has 2 nitrogen and oxygen atoms in total. The third kappa shape index (κ3) is 3.35. The number of nitrogens with one attached hydrogen (secondary N) is 1. The average Bonchev–Trinajstić information content (AvgIpc) is 2.78. The molecule has 0 amide bonds. The van der Waals surface area contributed by atoms with E-state index in [2.05, 4.69) is 28.2 Å². The van der Waals surface area contributed by atoms with Crippen LogP contribution in [-0.2, 0) is 0 Å². The van der Waals surface area contributed by atoms with E-state index < -0.39 is 0 Å². The minimum Gasteiger partial charge on any atom is -0.466 e. The Morgan fingerprint density at radius 3 is 2.76 bits per heavy atom. The van der Waals surface area contributed by atoms with Crippen molar-refractivity contribution in [2.24, 2.45) is 5.92 Å². The SMILES string of the molecule is CCCNC(c1occc1Br)C1CCCCC1. The fourth-order valence-corrected chi connectivity index (χ4v) is 3.22. The first-order valence-electron chi connectivity index (χ1n) is 6.79. The highest BCUT2D eigenvalue weighted by atomic mass is 79.9. The van der Waals surface area contributed by atoms with Crippen molar-refractivity contribution < 1.29 is 4.42 Å². The standard InChI is InChI=1S/C14H22BrNO/c1-2-9-16-13(11-6-4-3-5-7-11)14-12(15)8-10-17-14/h8,10-11,13,16H,2-7,9H2,1H3. The van der Waals surface area contributed by atoms with Crippen LogP contribution in [0.15, 0.2) is 21.2 Å². The van der Waals surface area contributed by atoms with Crippen molar-refractivity contribution in [3.63, 3.8) is 0 Å². The lowest BCUT2D eigenvalue weighted by atomic mass is 9.83. The first-order valence-corrected chi connectivity index (χ1v) is 7.58. The fourth-order valence-electron chi connectivity index (χ4n) is 2.77. The Kier molecular flexibility index (Phi) is 5.11. The molecule has 1 N–H and O–H groups in total. The molecule has 1 fully saturated rings. The zero-order valence-corrected chi connectivity index (χ0v) is 12.1. The lowest BCUT2D eigenvalue weighted by Gasteiger charge is -2.30. The smallest absolute Gasteiger partial charge is 0.135 e. The van der Waals surface area contributed by atoms with Gasteiger partial charge in [-0.15, -0.1) is 0 Å². The predicted molar refractivity (Wildman–Crippen MR) is 74.0 cm³/mol. The summed E-state index contributed by atoms with van der Waals surface area (Å²) in [5.74, 6) is 1.82. The molecule has 2 rings (SSSR count). The highest BCUT2D eigenvalue weighted by Crippen LogP contribution is 2.37. The van der Waals surface area contributed by atoms with Gasteiger partial charge in [-0.2, -0.15) is 0 Å². The molecule has 3 heteroatoms. The molecule has 0 saturated heterocycles. The van der Waals surface area contributed by atoms with Gasteiger partial charge in [0.05, 0.1) is 16.8 Å². The Bertz CT molecular complexity index is 331. The van der Waals surface area contributed by atoms with Crippen LogP contribution in [0, 0.1) is 5.92 Å². The molecule has 1 unspecified atom stereocenters. The summed E-state index contributed by atoms with van der Waals surface area (Å²) >= 11 is 3.59. The van der Waals surface area contributed by atoms with Crippen molar-refractivity contribution in [1.82, 2.24) is 5.32 Å². The molecule has 0 bridgehead atoms. The number of hydrogen-bond donors (Lipinski definition) is 1. The van der Waals surface area contributed by atoms with Crippen molar-refractivity contribution in [3.8, 4) is 0 Å². The van der Waals surface area contributed by atoms with Crippen LogP contribution in [0.3, 0.4) is 0 Å². The third-order valence-electron chi connectivity index (χ3n) is 3.66. The fraction of sp³-hybridized carbons (Fsp3) is 0.714. The number of furan rings is 1. The molecule has 1 heterocycles. The molecule has 0 spiro atoms. The van der Waals surface area contributed by atoms with Crippen LogP contribution < -0.4 is 5.32 Å². The van der Waals surface area contributed by atoms with Gasteiger partial charge in [0.25, 0.3) is 0 Å². The molecule has 1 atom stereocenters. The van der Waals surface area contributed by atoms with Crippen LogP contribution in [0.1, 0.15) is 57.3 Å². The summed E-state index contributed by atoms with van der Waals surface area (Å²) in [6.45, 7) is 3.27. The van der Waals surface area contributed by atoms with E-state index in [9.17, 15) is 0 Å². The van der Waals surface area contributed by atoms with E-state index in [0.29, 0.717) is 6.04 Å². The molecular formula is C14H22BrNO. The lowest BCUT2D eigenvalue weighted by molar-refractivity contribution is 0.243. The summed E-state index contributed by atoms with van der Waals surface area (Å²) < 4.78 is 6.78. The second-order valence-electron chi connectivity index (χ2n) is 4.96. The highest BCUT2D eigenvalue weighted by Gasteiger charge is 2.28. The first-order chi connectivity index (χ1) is 8.33. The first kappa shape index (κ1) is 13.2. The molecule has 0 radical (unpaired) electrons. The third-order valence-corrected chi connectivity index (χ3v) is 4.32. The number of hydrogen-bond acceptors (Lipinski definition) is 2. The Labute approximate surface area is 112 Å². The van der Waals surface area contributed by atoms with Crippen LogP contribution in [-0.4, -0.2) is 6.54 Å². The maximum Gasteiger partial charge on any atom is 0.135 e. The van der Waals surface area contributed by atoms with E-state index in [4.69, 9.17) is 4.42 Å². The molecule has 1 aliphatic rings. The van der Waals surface area contributed by atoms with Crippen LogP contribution in [0.2, 0.25) is 0 Å². The predicted octanol–water partition coefficient (Wildman–Crippen LogP) is 4.66. The number of rotatable bonds is 5. The monoisotopic (exact) mass is 299 g/mol. The molecular weight excluding hydrogens is 278 g/mol. The van der Waals surface area contributed by atoms with Gasteiger partial charge in [-0.05, 0) is 53.7 Å². The highest BCUT2D eigenvalue weighted by molar-refractivity contribution is 9.10. The largest absolute Gasteiger partial charge is 0.466 e. The Balaban J connectivity index is 2.09. The van der Waals surface area contributed by atoms with Crippen LogP contribution in [0.25, 0.3) is 0 Å². The summed E-state index contributed by atoms with van der Waals surface area (Å²) in [4.78, 5) is 0. The van der Waals surface area contributed by atoms with Gasteiger partial charge in [0.1, 0.15) is 5.76 Å². The number of halogens is 1. The molecule has 1 aliphatic carbocycles. The Morgan fingerprint density at radius 1 is 1.41 bits per heavy atom. The molecule has 1 aromatic rings. The van der Waals surface area contributed by atoms with Gasteiger partial charge in [0.15, 0.2) is 0 Å². The van der Waals surface area contributed by atoms with Crippen LogP contribution >= 0.6 is 15.9 Å². The van der Waals surface area contributed by atoms with E-state index >= 15 is 0 Å². The zero-order valence-electron chi connectivity index (χ0n) is 10.5. The minimum atomic E-state index is 0.389. The second kappa shape index (κ2) is 6.60. The maximum atomic E-state index is 5.67. The van der Waals surface area contributed by atoms with Crippen molar-refractivity contribution in [2.75, 3.05) is 6.54 Å². The average molecular weight is 300 g/mol. The van der Waals surface area contributed by atoms with E-state index in [1.54, 1.807) is 6.26 Å². The van der Waals surface area contributed by atoms with Crippen molar-refractivity contribution in [1.29, 1.82) is 0 Å². The summed E-state index contributed by atoms with van der Waals surface area (Å²) in [7, 11) is 0. The van der Waals surface area contributed by atoms with Crippen molar-refractivity contribution >= 4 is 15.9 Å². The van der Waals surface area contributed by atoms with Crippen LogP contribution in [0.5, 0.6) is 0 Å². The summed E-state index contributed by atoms with van der Waals surface area (Å²) in [6.07, 6.45) is 9.74. The minimum absolute atomic E-state index is 0.389. The van der Waals surface area contributed by atoms with Gasteiger partial charge in [-0.25, -0.2) is 0 Å². The molecule has 0 aromatic carbocycles. The molecule has 0 aliphatic heterocycles. The quantitative estimate of drug-likeness (QED) is 0.855. The molecule has 1 aromatic heterocycles. The summed E-state index contributed by atoms with van der Waals surface area (Å²) in [5, 5.41) is 3.66. The van der Waals surface area contributed by atoms with Gasteiger partial charge in [0.2, 0.25) is 0 Å². The van der Waals surface area contributed by atoms with Crippen molar-refractivity contribution in [2.45, 2.75) is 51.5 Å². The van der Waals surface area contributed by atoms with Gasteiger partial charge in [0, 0.05) is 0 Å². The van der Waals surface area contributed by atoms with Crippen molar-refractivity contribution in [3.05, 3.63) is 22.6 Å². The molecule has 1 saturated carbocycles. The molecule has 96 valence electrons. The Morgan fingerprint density at radius 2 is 2.18 bits per heavy atom. The van der Waals surface area contributed by atoms with E-state index in [1.807, 2.05) is 6.07 Å². The summed E-state index contributed by atoms with van der Waals surface area (Å²) in [5.41, 5.74) is 0. The summed E-state index contributed by atoms with van der Waals surface area (Å²) in [6, 6.07) is 2.39. The van der Waals surface area contributed by atoms with Gasteiger partial charge >= 0.3 is 0 Å². The topological polar surface area (TPSA) is 25.2 Å².